The summed E-state index contributed by atoms with van der Waals surface area (Å²) in [6, 6.07) is 9.73. The van der Waals surface area contributed by atoms with Crippen molar-refractivity contribution in [2.75, 3.05) is 20.8 Å². The van der Waals surface area contributed by atoms with Crippen LogP contribution in [0.5, 0.6) is 5.75 Å². The van der Waals surface area contributed by atoms with E-state index >= 15 is 0 Å². The SMILES string of the molecule is CNC(C)(CCCCOc1ccccc1)C(=O)OC. The molecule has 4 heteroatoms. The Hall–Kier alpha value is -1.55. The van der Waals surface area contributed by atoms with E-state index in [1.807, 2.05) is 37.3 Å². The highest BCUT2D eigenvalue weighted by molar-refractivity contribution is 5.80. The number of ether oxygens (including phenoxy) is 2. The summed E-state index contributed by atoms with van der Waals surface area (Å²) in [6.45, 7) is 2.52. The van der Waals surface area contributed by atoms with Crippen LogP contribution in [0.4, 0.5) is 0 Å². The molecule has 4 nitrogen and oxygen atoms in total. The van der Waals surface area contributed by atoms with E-state index in [0.29, 0.717) is 6.61 Å². The fraction of sp³-hybridized carbons (Fsp3) is 0.533. The number of carbonyl (C=O) groups excluding carboxylic acids is 1. The molecule has 0 saturated heterocycles. The minimum atomic E-state index is -0.610. The second-order valence-electron chi connectivity index (χ2n) is 4.69. The van der Waals surface area contributed by atoms with Gasteiger partial charge in [0.25, 0.3) is 0 Å². The Bertz CT molecular complexity index is 380. The van der Waals surface area contributed by atoms with Gasteiger partial charge in [-0.15, -0.1) is 0 Å². The fourth-order valence-electron chi connectivity index (χ4n) is 1.84. The number of hydrogen-bond acceptors (Lipinski definition) is 4. The molecule has 0 spiro atoms. The molecule has 0 bridgehead atoms. The van der Waals surface area contributed by atoms with Crippen LogP contribution in [0.2, 0.25) is 0 Å². The highest BCUT2D eigenvalue weighted by atomic mass is 16.5. The lowest BCUT2D eigenvalue weighted by Crippen LogP contribution is -2.48. The molecule has 0 saturated carbocycles. The maximum absolute atomic E-state index is 11.6. The number of rotatable bonds is 8. The maximum atomic E-state index is 11.6. The van der Waals surface area contributed by atoms with Crippen molar-refractivity contribution in [2.45, 2.75) is 31.7 Å². The van der Waals surface area contributed by atoms with Gasteiger partial charge >= 0.3 is 5.97 Å². The molecule has 106 valence electrons. The standard InChI is InChI=1S/C15H23NO3/c1-15(16-2,14(17)18-3)11-7-8-12-19-13-9-5-4-6-10-13/h4-6,9-10,16H,7-8,11-12H2,1-3H3. The van der Waals surface area contributed by atoms with Crippen molar-refractivity contribution in [3.05, 3.63) is 30.3 Å². The van der Waals surface area contributed by atoms with Crippen molar-refractivity contribution in [1.82, 2.24) is 5.32 Å². The van der Waals surface area contributed by atoms with Gasteiger partial charge < -0.3 is 14.8 Å². The van der Waals surface area contributed by atoms with E-state index in [2.05, 4.69) is 5.32 Å². The van der Waals surface area contributed by atoms with Crippen LogP contribution in [0.1, 0.15) is 26.2 Å². The first-order valence-electron chi connectivity index (χ1n) is 6.57. The van der Waals surface area contributed by atoms with Crippen LogP contribution in [-0.4, -0.2) is 32.3 Å². The molecule has 0 aliphatic heterocycles. The minimum absolute atomic E-state index is 0.223. The first-order valence-corrected chi connectivity index (χ1v) is 6.57. The van der Waals surface area contributed by atoms with Crippen LogP contribution in [0.15, 0.2) is 30.3 Å². The first kappa shape index (κ1) is 15.5. The fourth-order valence-corrected chi connectivity index (χ4v) is 1.84. The van der Waals surface area contributed by atoms with Crippen molar-refractivity contribution in [2.24, 2.45) is 0 Å². The molecule has 0 radical (unpaired) electrons. The minimum Gasteiger partial charge on any atom is -0.494 e. The van der Waals surface area contributed by atoms with E-state index in [1.54, 1.807) is 7.05 Å². The molecule has 1 aromatic rings. The van der Waals surface area contributed by atoms with Crippen LogP contribution < -0.4 is 10.1 Å². The number of hydrogen-bond donors (Lipinski definition) is 1. The van der Waals surface area contributed by atoms with E-state index < -0.39 is 5.54 Å². The third kappa shape index (κ3) is 4.91. The number of para-hydroxylation sites is 1. The van der Waals surface area contributed by atoms with Crippen LogP contribution in [0.3, 0.4) is 0 Å². The molecule has 0 heterocycles. The molecule has 0 amide bonds. The quantitative estimate of drug-likeness (QED) is 0.579. The Morgan fingerprint density at radius 1 is 1.26 bits per heavy atom. The molecule has 1 unspecified atom stereocenters. The molecule has 0 aliphatic carbocycles. The van der Waals surface area contributed by atoms with Crippen LogP contribution >= 0.6 is 0 Å². The van der Waals surface area contributed by atoms with E-state index in [0.717, 1.165) is 25.0 Å². The van der Waals surface area contributed by atoms with Gasteiger partial charge in [-0.2, -0.15) is 0 Å². The average molecular weight is 265 g/mol. The number of esters is 1. The van der Waals surface area contributed by atoms with Crippen LogP contribution in [0.25, 0.3) is 0 Å². The molecule has 19 heavy (non-hydrogen) atoms. The largest absolute Gasteiger partial charge is 0.494 e. The lowest BCUT2D eigenvalue weighted by Gasteiger charge is -2.25. The Morgan fingerprint density at radius 3 is 2.53 bits per heavy atom. The molecular formula is C15H23NO3. The Labute approximate surface area is 115 Å². The topological polar surface area (TPSA) is 47.6 Å². The second kappa shape index (κ2) is 7.79. The van der Waals surface area contributed by atoms with Crippen molar-refractivity contribution < 1.29 is 14.3 Å². The van der Waals surface area contributed by atoms with Gasteiger partial charge in [-0.3, -0.25) is 4.79 Å². The summed E-state index contributed by atoms with van der Waals surface area (Å²) in [7, 11) is 3.19. The highest BCUT2D eigenvalue weighted by Gasteiger charge is 2.31. The van der Waals surface area contributed by atoms with Gasteiger partial charge in [0.2, 0.25) is 0 Å². The van der Waals surface area contributed by atoms with Crippen molar-refractivity contribution >= 4 is 5.97 Å². The van der Waals surface area contributed by atoms with E-state index in [4.69, 9.17) is 9.47 Å². The molecule has 0 aliphatic rings. The van der Waals surface area contributed by atoms with E-state index in [1.165, 1.54) is 7.11 Å². The number of unbranched alkanes of at least 4 members (excludes halogenated alkanes) is 1. The maximum Gasteiger partial charge on any atom is 0.325 e. The van der Waals surface area contributed by atoms with Crippen LogP contribution in [-0.2, 0) is 9.53 Å². The third-order valence-corrected chi connectivity index (χ3v) is 3.27. The van der Waals surface area contributed by atoms with Gasteiger partial charge in [0.15, 0.2) is 0 Å². The van der Waals surface area contributed by atoms with Gasteiger partial charge in [-0.05, 0) is 45.4 Å². The summed E-state index contributed by atoms with van der Waals surface area (Å²) < 4.78 is 10.4. The molecule has 1 aromatic carbocycles. The van der Waals surface area contributed by atoms with Crippen molar-refractivity contribution in [3.63, 3.8) is 0 Å². The van der Waals surface area contributed by atoms with Gasteiger partial charge in [0.1, 0.15) is 11.3 Å². The van der Waals surface area contributed by atoms with Gasteiger partial charge in [-0.1, -0.05) is 18.2 Å². The third-order valence-electron chi connectivity index (χ3n) is 3.27. The number of carbonyl (C=O) groups is 1. The molecule has 1 atom stereocenters. The lowest BCUT2D eigenvalue weighted by molar-refractivity contribution is -0.148. The molecule has 0 fully saturated rings. The Morgan fingerprint density at radius 2 is 1.95 bits per heavy atom. The summed E-state index contributed by atoms with van der Waals surface area (Å²) in [4.78, 5) is 11.6. The zero-order chi connectivity index (χ0) is 14.1. The molecule has 1 N–H and O–H groups in total. The average Bonchev–Trinajstić information content (AvgIpc) is 2.46. The van der Waals surface area contributed by atoms with Crippen molar-refractivity contribution in [3.8, 4) is 5.75 Å². The summed E-state index contributed by atoms with van der Waals surface area (Å²) in [5, 5.41) is 3.02. The summed E-state index contributed by atoms with van der Waals surface area (Å²) in [6.07, 6.45) is 2.54. The smallest absolute Gasteiger partial charge is 0.325 e. The number of likely N-dealkylation sites (N-methyl/N-ethyl adjacent to an activating group) is 1. The number of benzene rings is 1. The van der Waals surface area contributed by atoms with Gasteiger partial charge in [-0.25, -0.2) is 0 Å². The predicted molar refractivity (Wildman–Crippen MR) is 75.3 cm³/mol. The van der Waals surface area contributed by atoms with Crippen LogP contribution in [0, 0.1) is 0 Å². The number of methoxy groups -OCH3 is 1. The predicted octanol–water partition coefficient (Wildman–Crippen LogP) is 2.39. The molecular weight excluding hydrogens is 242 g/mol. The Balaban J connectivity index is 2.25. The van der Waals surface area contributed by atoms with E-state index in [9.17, 15) is 4.79 Å². The van der Waals surface area contributed by atoms with Gasteiger partial charge in [0.05, 0.1) is 13.7 Å². The highest BCUT2D eigenvalue weighted by Crippen LogP contribution is 2.16. The van der Waals surface area contributed by atoms with Crippen molar-refractivity contribution in [1.29, 1.82) is 0 Å². The summed E-state index contributed by atoms with van der Waals surface area (Å²) >= 11 is 0. The summed E-state index contributed by atoms with van der Waals surface area (Å²) in [5.74, 6) is 0.658. The second-order valence-corrected chi connectivity index (χ2v) is 4.69. The van der Waals surface area contributed by atoms with E-state index in [-0.39, 0.29) is 5.97 Å². The Kier molecular flexibility index (Phi) is 6.36. The first-order chi connectivity index (χ1) is 9.12. The normalized spacial score (nSPS) is 13.6. The van der Waals surface area contributed by atoms with Gasteiger partial charge in [0, 0.05) is 0 Å². The molecule has 0 aromatic heterocycles. The number of nitrogens with one attached hydrogen (secondary N) is 1. The zero-order valence-corrected chi connectivity index (χ0v) is 11.9. The monoisotopic (exact) mass is 265 g/mol. The zero-order valence-electron chi connectivity index (χ0n) is 11.9. The lowest BCUT2D eigenvalue weighted by atomic mass is 9.95. The molecule has 1 rings (SSSR count). The summed E-state index contributed by atoms with van der Waals surface area (Å²) in [5.41, 5.74) is -0.610.